The first-order valence-corrected chi connectivity index (χ1v) is 20.8. The van der Waals surface area contributed by atoms with Gasteiger partial charge in [0.1, 0.15) is 11.5 Å². The number of benzene rings is 5. The molecule has 0 radical (unpaired) electrons. The lowest BCUT2D eigenvalue weighted by atomic mass is 10.1. The number of carbonyl (C=O) groups is 4. The van der Waals surface area contributed by atoms with Gasteiger partial charge in [0.25, 0.3) is 22.3 Å². The Kier molecular flexibility index (Phi) is 12.3. The third-order valence-corrected chi connectivity index (χ3v) is 11.4. The molecule has 2 aliphatic rings. The average Bonchev–Trinajstić information content (AvgIpc) is 4.04. The highest BCUT2D eigenvalue weighted by Crippen LogP contribution is 2.30. The fourth-order valence-electron chi connectivity index (χ4n) is 6.71. The van der Waals surface area contributed by atoms with Crippen LogP contribution >= 0.6 is 23.5 Å². The summed E-state index contributed by atoms with van der Waals surface area (Å²) in [7, 11) is 3.24. The lowest BCUT2D eigenvalue weighted by molar-refractivity contribution is -0.116. The van der Waals surface area contributed by atoms with Crippen LogP contribution in [0.25, 0.3) is 34.2 Å². The Morgan fingerprint density at radius 3 is 1.59 bits per heavy atom. The normalized spacial score (nSPS) is 15.0. The van der Waals surface area contributed by atoms with Gasteiger partial charge in [-0.15, -0.1) is 0 Å². The highest BCUT2D eigenvalue weighted by Gasteiger charge is 2.26. The van der Waals surface area contributed by atoms with E-state index in [-0.39, 0.29) is 22.3 Å². The van der Waals surface area contributed by atoms with Crippen LogP contribution in [0.3, 0.4) is 0 Å². The molecule has 2 aliphatic heterocycles. The fourth-order valence-corrected chi connectivity index (χ4v) is 8.08. The highest BCUT2D eigenvalue weighted by atomic mass is 32.2. The molecule has 2 N–H and O–H groups in total. The smallest absolute Gasteiger partial charge is 0.290 e. The van der Waals surface area contributed by atoms with Gasteiger partial charge in [0.2, 0.25) is 0 Å². The second-order valence-corrected chi connectivity index (χ2v) is 15.9. The molecule has 0 aliphatic carbocycles. The quantitative estimate of drug-likeness (QED) is 0.113. The summed E-state index contributed by atoms with van der Waals surface area (Å²) in [6.07, 6.45) is 8.72. The van der Waals surface area contributed by atoms with Crippen LogP contribution < -0.4 is 24.8 Å². The van der Waals surface area contributed by atoms with Gasteiger partial charge in [-0.2, -0.15) is 0 Å². The van der Waals surface area contributed by atoms with Crippen LogP contribution in [0, 0.1) is 0 Å². The molecule has 2 saturated heterocycles. The van der Waals surface area contributed by atoms with Crippen LogP contribution in [0.5, 0.6) is 23.0 Å². The number of hydrogen-bond acceptors (Lipinski definition) is 11. The molecule has 61 heavy (non-hydrogen) atoms. The largest absolute Gasteiger partial charge is 0.493 e. The van der Waals surface area contributed by atoms with Gasteiger partial charge in [0.05, 0.1) is 58.8 Å². The Labute approximate surface area is 358 Å². The molecular weight excluding hydrogens is 813 g/mol. The van der Waals surface area contributed by atoms with E-state index in [2.05, 4.69) is 41.9 Å². The van der Waals surface area contributed by atoms with Gasteiger partial charge >= 0.3 is 0 Å². The van der Waals surface area contributed by atoms with E-state index in [1.165, 1.54) is 5.56 Å². The van der Waals surface area contributed by atoms with E-state index in [0.717, 1.165) is 99.7 Å². The molecule has 15 heteroatoms. The molecule has 2 aromatic heterocycles. The number of nitrogens with zero attached hydrogens (tertiary/aromatic N) is 4. The number of ether oxygens (including phenoxy) is 3. The van der Waals surface area contributed by atoms with Crippen molar-refractivity contribution in [1.82, 2.24) is 29.7 Å². The number of hydrogen-bond donors (Lipinski definition) is 2. The van der Waals surface area contributed by atoms with Crippen molar-refractivity contribution in [2.75, 3.05) is 14.2 Å². The van der Waals surface area contributed by atoms with Crippen LogP contribution in [0.2, 0.25) is 0 Å². The van der Waals surface area contributed by atoms with Crippen molar-refractivity contribution in [3.63, 3.8) is 0 Å². The standard InChI is InChI=1S/C25H19N3O3S.C21H19N3O4S/c29-24-23(32-25(30)27-24)15-18-8-11-21-22(14-18)28(16-26-21)13-12-17-6-9-20(10-7-17)31-19-4-2-1-3-5-19;1-27-17-6-4-13(10-18(17)28-2)7-8-24-12-22-15-5-3-14(9-16(15)24)11-19-20(25)23-21(26)29-19/h1-11,14-16H,12-13H2,(H,27,29,30);3-6,9-12H,7-8H2,1-2H3,(H,23,25,26). The number of aromatic nitrogens is 4. The molecule has 4 amide bonds. The highest BCUT2D eigenvalue weighted by molar-refractivity contribution is 8.18. The summed E-state index contributed by atoms with van der Waals surface area (Å²) in [5, 5.41) is 3.86. The number of imide groups is 2. The molecular formula is C46H38N6O7S2. The molecule has 4 heterocycles. The molecule has 9 rings (SSSR count). The summed E-state index contributed by atoms with van der Waals surface area (Å²) in [5.41, 5.74) is 7.74. The number of amides is 4. The number of rotatable bonds is 12. The molecule has 2 fully saturated rings. The summed E-state index contributed by atoms with van der Waals surface area (Å²) in [5.74, 6) is 2.31. The molecule has 306 valence electrons. The molecule has 5 aromatic carbocycles. The Morgan fingerprint density at radius 1 is 0.574 bits per heavy atom. The van der Waals surface area contributed by atoms with E-state index in [0.29, 0.717) is 21.3 Å². The van der Waals surface area contributed by atoms with Crippen LogP contribution in [-0.4, -0.2) is 55.6 Å². The summed E-state index contributed by atoms with van der Waals surface area (Å²) in [4.78, 5) is 56.0. The zero-order chi connectivity index (χ0) is 42.3. The minimum absolute atomic E-state index is 0.340. The average molecular weight is 851 g/mol. The fraction of sp³-hybridized carbons (Fsp3) is 0.130. The first-order valence-electron chi connectivity index (χ1n) is 19.1. The lowest BCUT2D eigenvalue weighted by Gasteiger charge is -2.10. The predicted molar refractivity (Wildman–Crippen MR) is 238 cm³/mol. The molecule has 7 aromatic rings. The second kappa shape index (κ2) is 18.4. The number of carbonyl (C=O) groups excluding carboxylic acids is 4. The van der Waals surface area contributed by atoms with Gasteiger partial charge in [0.15, 0.2) is 11.5 Å². The number of aryl methyl sites for hydroxylation is 4. The Morgan fingerprint density at radius 2 is 1.08 bits per heavy atom. The van der Waals surface area contributed by atoms with E-state index < -0.39 is 0 Å². The molecule has 13 nitrogen and oxygen atoms in total. The summed E-state index contributed by atoms with van der Waals surface area (Å²) >= 11 is 1.83. The number of fused-ring (bicyclic) bond motifs is 2. The monoisotopic (exact) mass is 850 g/mol. The van der Waals surface area contributed by atoms with E-state index >= 15 is 0 Å². The summed E-state index contributed by atoms with van der Waals surface area (Å²) in [6.45, 7) is 1.50. The Hall–Kier alpha value is -7.10. The summed E-state index contributed by atoms with van der Waals surface area (Å²) < 4.78 is 20.7. The third-order valence-electron chi connectivity index (χ3n) is 9.80. The van der Waals surface area contributed by atoms with Gasteiger partial charge in [0, 0.05) is 13.1 Å². The Bertz CT molecular complexity index is 2850. The van der Waals surface area contributed by atoms with E-state index in [1.54, 1.807) is 26.4 Å². The van der Waals surface area contributed by atoms with Crippen LogP contribution in [0.1, 0.15) is 22.3 Å². The van der Waals surface area contributed by atoms with E-state index in [4.69, 9.17) is 14.2 Å². The number of thioether (sulfide) groups is 2. The second-order valence-electron chi connectivity index (χ2n) is 13.8. The van der Waals surface area contributed by atoms with Gasteiger partial charge in [-0.3, -0.25) is 29.8 Å². The van der Waals surface area contributed by atoms with Crippen molar-refractivity contribution in [1.29, 1.82) is 0 Å². The molecule has 0 atom stereocenters. The number of methoxy groups -OCH3 is 2. The predicted octanol–water partition coefficient (Wildman–Crippen LogP) is 9.02. The zero-order valence-corrected chi connectivity index (χ0v) is 34.6. The molecule has 0 unspecified atom stereocenters. The SMILES string of the molecule is COc1ccc(CCn2cnc3ccc(C=C4SC(=O)NC4=O)cc32)cc1OC.O=C1NC(=O)C(=Cc2ccc3ncn(CCc4ccc(Oc5ccccc5)cc4)c3c2)S1. The minimum atomic E-state index is -0.359. The van der Waals surface area contributed by atoms with Crippen LogP contribution in [0.15, 0.2) is 132 Å². The van der Waals surface area contributed by atoms with Crippen molar-refractivity contribution >= 4 is 80.0 Å². The summed E-state index contributed by atoms with van der Waals surface area (Å²) in [6, 6.07) is 35.3. The maximum absolute atomic E-state index is 11.8. The van der Waals surface area contributed by atoms with Crippen molar-refractivity contribution in [3.05, 3.63) is 154 Å². The zero-order valence-electron chi connectivity index (χ0n) is 33.0. The maximum Gasteiger partial charge on any atom is 0.290 e. The van der Waals surface area contributed by atoms with Gasteiger partial charge in [-0.25, -0.2) is 9.97 Å². The topological polar surface area (TPSA) is 156 Å². The van der Waals surface area contributed by atoms with Gasteiger partial charge < -0.3 is 23.3 Å². The van der Waals surface area contributed by atoms with Crippen molar-refractivity contribution < 1.29 is 33.4 Å². The van der Waals surface area contributed by atoms with E-state index in [1.807, 2.05) is 110 Å². The maximum atomic E-state index is 11.8. The third kappa shape index (κ3) is 9.86. The number of para-hydroxylation sites is 1. The number of nitrogens with one attached hydrogen (secondary N) is 2. The van der Waals surface area contributed by atoms with E-state index in [9.17, 15) is 19.2 Å². The minimum Gasteiger partial charge on any atom is -0.493 e. The van der Waals surface area contributed by atoms with Crippen LogP contribution in [0.4, 0.5) is 9.59 Å². The first-order chi connectivity index (χ1) is 29.7. The van der Waals surface area contributed by atoms with Gasteiger partial charge in [-0.05, 0) is 131 Å². The van der Waals surface area contributed by atoms with Crippen molar-refractivity contribution in [2.24, 2.45) is 0 Å². The van der Waals surface area contributed by atoms with Crippen molar-refractivity contribution in [3.8, 4) is 23.0 Å². The number of imidazole rings is 2. The molecule has 0 bridgehead atoms. The molecule has 0 spiro atoms. The van der Waals surface area contributed by atoms with Crippen molar-refractivity contribution in [2.45, 2.75) is 25.9 Å². The first kappa shape index (κ1) is 40.7. The van der Waals surface area contributed by atoms with Crippen LogP contribution in [-0.2, 0) is 35.5 Å². The Balaban J connectivity index is 0.000000169. The lowest BCUT2D eigenvalue weighted by Crippen LogP contribution is -2.17. The molecule has 0 saturated carbocycles. The van der Waals surface area contributed by atoms with Gasteiger partial charge in [-0.1, -0.05) is 48.5 Å².